The molecule has 3 N–H and O–H groups in total. The Kier molecular flexibility index (Phi) is 4.15. The number of anilines is 3. The number of nitrogens with one attached hydrogen (secondary N) is 1. The summed E-state index contributed by atoms with van der Waals surface area (Å²) in [7, 11) is 3.85. The minimum absolute atomic E-state index is 0.208. The van der Waals surface area contributed by atoms with E-state index in [0.29, 0.717) is 22.0 Å². The molecule has 0 fully saturated rings. The average molecular weight is 290 g/mol. The Morgan fingerprint density at radius 1 is 1.20 bits per heavy atom. The van der Waals surface area contributed by atoms with Crippen LogP contribution in [0.4, 0.5) is 17.1 Å². The molecular formula is C15H16ClN3O. The number of carbonyl (C=O) groups excluding carboxylic acids is 1. The lowest BCUT2D eigenvalue weighted by Gasteiger charge is -2.14. The number of hydrogen-bond donors (Lipinski definition) is 2. The Morgan fingerprint density at radius 2 is 1.95 bits per heavy atom. The lowest BCUT2D eigenvalue weighted by Crippen LogP contribution is -2.14. The molecule has 0 radical (unpaired) electrons. The molecular weight excluding hydrogens is 274 g/mol. The van der Waals surface area contributed by atoms with Gasteiger partial charge in [0.25, 0.3) is 5.91 Å². The van der Waals surface area contributed by atoms with Crippen molar-refractivity contribution in [3.05, 3.63) is 53.1 Å². The number of amides is 1. The van der Waals surface area contributed by atoms with Crippen LogP contribution in [0.3, 0.4) is 0 Å². The normalized spacial score (nSPS) is 10.2. The molecule has 104 valence electrons. The van der Waals surface area contributed by atoms with Crippen LogP contribution in [0.25, 0.3) is 0 Å². The number of nitrogens with two attached hydrogens (primary N) is 1. The third-order valence-electron chi connectivity index (χ3n) is 2.87. The molecule has 0 aliphatic rings. The molecule has 20 heavy (non-hydrogen) atoms. The monoisotopic (exact) mass is 289 g/mol. The van der Waals surface area contributed by atoms with E-state index < -0.39 is 0 Å². The molecule has 0 saturated heterocycles. The summed E-state index contributed by atoms with van der Waals surface area (Å²) in [5, 5.41) is 3.19. The largest absolute Gasteiger partial charge is 0.399 e. The number of rotatable bonds is 3. The van der Waals surface area contributed by atoms with Gasteiger partial charge in [-0.05, 0) is 36.4 Å². The van der Waals surface area contributed by atoms with E-state index in [1.807, 2.05) is 37.2 Å². The second-order valence-corrected chi connectivity index (χ2v) is 5.05. The number of nitrogens with zero attached hydrogens (tertiary/aromatic N) is 1. The molecule has 0 heterocycles. The van der Waals surface area contributed by atoms with E-state index in [0.717, 1.165) is 5.69 Å². The van der Waals surface area contributed by atoms with Crippen LogP contribution in [0.5, 0.6) is 0 Å². The first-order chi connectivity index (χ1) is 9.47. The standard InChI is InChI=1S/C15H16ClN3O/c1-19(2)12-5-3-4-10(8-12)15(20)18-14-7-6-11(17)9-13(14)16/h3-9H,17H2,1-2H3,(H,18,20). The lowest BCUT2D eigenvalue weighted by atomic mass is 10.1. The number of halogens is 1. The maximum atomic E-state index is 12.2. The van der Waals surface area contributed by atoms with Crippen LogP contribution in [0.15, 0.2) is 42.5 Å². The molecule has 2 aromatic rings. The minimum atomic E-state index is -0.208. The lowest BCUT2D eigenvalue weighted by molar-refractivity contribution is 0.102. The van der Waals surface area contributed by atoms with Gasteiger partial charge in [-0.15, -0.1) is 0 Å². The highest BCUT2D eigenvalue weighted by Gasteiger charge is 2.09. The number of carbonyl (C=O) groups is 1. The molecule has 0 aromatic heterocycles. The Bertz CT molecular complexity index is 641. The van der Waals surface area contributed by atoms with Crippen molar-refractivity contribution in [3.63, 3.8) is 0 Å². The molecule has 0 saturated carbocycles. The van der Waals surface area contributed by atoms with Gasteiger partial charge in [-0.25, -0.2) is 0 Å². The van der Waals surface area contributed by atoms with Gasteiger partial charge in [-0.2, -0.15) is 0 Å². The van der Waals surface area contributed by atoms with Crippen molar-refractivity contribution in [1.82, 2.24) is 0 Å². The SMILES string of the molecule is CN(C)c1cccc(C(=O)Nc2ccc(N)cc2Cl)c1. The minimum Gasteiger partial charge on any atom is -0.399 e. The van der Waals surface area contributed by atoms with Crippen LogP contribution >= 0.6 is 11.6 Å². The second kappa shape index (κ2) is 5.84. The molecule has 0 aliphatic carbocycles. The zero-order valence-corrected chi connectivity index (χ0v) is 12.1. The molecule has 0 aliphatic heterocycles. The van der Waals surface area contributed by atoms with E-state index in [1.54, 1.807) is 24.3 Å². The second-order valence-electron chi connectivity index (χ2n) is 4.64. The zero-order chi connectivity index (χ0) is 14.7. The van der Waals surface area contributed by atoms with Crippen LogP contribution in [-0.2, 0) is 0 Å². The van der Waals surface area contributed by atoms with Gasteiger partial charge in [0.2, 0.25) is 0 Å². The van der Waals surface area contributed by atoms with Crippen molar-refractivity contribution in [2.75, 3.05) is 30.0 Å². The van der Waals surface area contributed by atoms with Crippen molar-refractivity contribution in [2.24, 2.45) is 0 Å². The van der Waals surface area contributed by atoms with Gasteiger partial charge in [0.05, 0.1) is 10.7 Å². The summed E-state index contributed by atoms with van der Waals surface area (Å²) in [5.74, 6) is -0.208. The van der Waals surface area contributed by atoms with E-state index in [1.165, 1.54) is 0 Å². The highest BCUT2D eigenvalue weighted by molar-refractivity contribution is 6.34. The third-order valence-corrected chi connectivity index (χ3v) is 3.18. The van der Waals surface area contributed by atoms with Gasteiger partial charge >= 0.3 is 0 Å². The van der Waals surface area contributed by atoms with Crippen molar-refractivity contribution < 1.29 is 4.79 Å². The van der Waals surface area contributed by atoms with Gasteiger partial charge in [-0.3, -0.25) is 4.79 Å². The fraction of sp³-hybridized carbons (Fsp3) is 0.133. The molecule has 1 amide bonds. The van der Waals surface area contributed by atoms with E-state index in [2.05, 4.69) is 5.32 Å². The van der Waals surface area contributed by atoms with Crippen molar-refractivity contribution >= 4 is 34.6 Å². The Hall–Kier alpha value is -2.20. The smallest absolute Gasteiger partial charge is 0.255 e. The molecule has 0 atom stereocenters. The van der Waals surface area contributed by atoms with Gasteiger partial charge in [0, 0.05) is 31.0 Å². The number of benzene rings is 2. The van der Waals surface area contributed by atoms with Gasteiger partial charge < -0.3 is 16.0 Å². The summed E-state index contributed by atoms with van der Waals surface area (Å²) in [4.78, 5) is 14.1. The maximum absolute atomic E-state index is 12.2. The summed E-state index contributed by atoms with van der Waals surface area (Å²) in [6.45, 7) is 0. The van der Waals surface area contributed by atoms with E-state index in [9.17, 15) is 4.79 Å². The number of hydrogen-bond acceptors (Lipinski definition) is 3. The molecule has 0 spiro atoms. The average Bonchev–Trinajstić information content (AvgIpc) is 2.42. The van der Waals surface area contributed by atoms with Crippen molar-refractivity contribution in [2.45, 2.75) is 0 Å². The molecule has 2 aromatic carbocycles. The summed E-state index contributed by atoms with van der Waals surface area (Å²) in [5.41, 5.74) is 8.25. The summed E-state index contributed by atoms with van der Waals surface area (Å²) >= 11 is 6.04. The third kappa shape index (κ3) is 3.22. The fourth-order valence-electron chi connectivity index (χ4n) is 1.75. The summed E-state index contributed by atoms with van der Waals surface area (Å²) in [6, 6.07) is 12.3. The molecule has 5 heteroatoms. The molecule has 2 rings (SSSR count). The van der Waals surface area contributed by atoms with Crippen LogP contribution in [-0.4, -0.2) is 20.0 Å². The number of nitrogen functional groups attached to an aromatic ring is 1. The van der Waals surface area contributed by atoms with Gasteiger partial charge in [0.1, 0.15) is 0 Å². The predicted octanol–water partition coefficient (Wildman–Crippen LogP) is 3.24. The highest BCUT2D eigenvalue weighted by atomic mass is 35.5. The zero-order valence-electron chi connectivity index (χ0n) is 11.4. The summed E-state index contributed by atoms with van der Waals surface area (Å²) in [6.07, 6.45) is 0. The fourth-order valence-corrected chi connectivity index (χ4v) is 1.99. The quantitative estimate of drug-likeness (QED) is 0.853. The molecule has 0 bridgehead atoms. The first-order valence-corrected chi connectivity index (χ1v) is 6.49. The van der Waals surface area contributed by atoms with Crippen LogP contribution in [0.1, 0.15) is 10.4 Å². The highest BCUT2D eigenvalue weighted by Crippen LogP contribution is 2.25. The predicted molar refractivity (Wildman–Crippen MR) is 84.6 cm³/mol. The Morgan fingerprint density at radius 3 is 2.60 bits per heavy atom. The van der Waals surface area contributed by atoms with Gasteiger partial charge in [0.15, 0.2) is 0 Å². The van der Waals surface area contributed by atoms with Crippen LogP contribution < -0.4 is 16.0 Å². The first kappa shape index (κ1) is 14.2. The van der Waals surface area contributed by atoms with Crippen LogP contribution in [0, 0.1) is 0 Å². The van der Waals surface area contributed by atoms with Crippen molar-refractivity contribution in [1.29, 1.82) is 0 Å². The maximum Gasteiger partial charge on any atom is 0.255 e. The van der Waals surface area contributed by atoms with E-state index >= 15 is 0 Å². The van der Waals surface area contributed by atoms with E-state index in [4.69, 9.17) is 17.3 Å². The molecule has 4 nitrogen and oxygen atoms in total. The topological polar surface area (TPSA) is 58.4 Å². The first-order valence-electron chi connectivity index (χ1n) is 6.11. The van der Waals surface area contributed by atoms with E-state index in [-0.39, 0.29) is 5.91 Å². The summed E-state index contributed by atoms with van der Waals surface area (Å²) < 4.78 is 0. The van der Waals surface area contributed by atoms with Crippen LogP contribution in [0.2, 0.25) is 5.02 Å². The van der Waals surface area contributed by atoms with Crippen molar-refractivity contribution in [3.8, 4) is 0 Å². The Labute approximate surface area is 123 Å². The van der Waals surface area contributed by atoms with Gasteiger partial charge in [-0.1, -0.05) is 17.7 Å². The Balaban J connectivity index is 2.21. The molecule has 0 unspecified atom stereocenters.